The van der Waals surface area contributed by atoms with E-state index in [-0.39, 0.29) is 5.54 Å². The van der Waals surface area contributed by atoms with E-state index in [1.54, 1.807) is 11.8 Å². The highest BCUT2D eigenvalue weighted by Gasteiger charge is 2.18. The van der Waals surface area contributed by atoms with Gasteiger partial charge in [0, 0.05) is 24.7 Å². The lowest BCUT2D eigenvalue weighted by Gasteiger charge is -2.20. The minimum Gasteiger partial charge on any atom is -0.308 e. The normalized spacial score (nSPS) is 12.1. The number of nitrogens with one attached hydrogen (secondary N) is 1. The van der Waals surface area contributed by atoms with E-state index in [4.69, 9.17) is 0 Å². The molecule has 0 saturated heterocycles. The van der Waals surface area contributed by atoms with Crippen LogP contribution in [0.4, 0.5) is 0 Å². The Hall–Kier alpha value is -0.920. The lowest BCUT2D eigenvalue weighted by atomic mass is 10.1. The summed E-state index contributed by atoms with van der Waals surface area (Å²) in [7, 11) is 1.98. The summed E-state index contributed by atoms with van der Waals surface area (Å²) in [5, 5.41) is 9.19. The van der Waals surface area contributed by atoms with Gasteiger partial charge in [0.15, 0.2) is 4.34 Å². The fraction of sp³-hybridized carbons (Fsp3) is 0.615. The van der Waals surface area contributed by atoms with E-state index in [1.165, 1.54) is 17.1 Å². The molecule has 0 radical (unpaired) electrons. The van der Waals surface area contributed by atoms with Crippen LogP contribution in [0.3, 0.4) is 0 Å². The van der Waals surface area contributed by atoms with Crippen LogP contribution in [0.2, 0.25) is 0 Å². The SMILES string of the molecule is Cc1nsc(Sc2c(CNC(C)(C)C)c(C)nn2C)n1. The Bertz CT molecular complexity index is 594. The second-order valence-electron chi connectivity index (χ2n) is 5.81. The molecule has 2 rings (SSSR count). The number of nitrogens with zero attached hydrogens (tertiary/aromatic N) is 4. The zero-order chi connectivity index (χ0) is 14.9. The van der Waals surface area contributed by atoms with Crippen molar-refractivity contribution in [3.63, 3.8) is 0 Å². The Kier molecular flexibility index (Phi) is 4.51. The van der Waals surface area contributed by atoms with Gasteiger partial charge in [0.2, 0.25) is 0 Å². The minimum atomic E-state index is 0.0868. The van der Waals surface area contributed by atoms with E-state index >= 15 is 0 Å². The maximum atomic E-state index is 4.53. The molecule has 0 unspecified atom stereocenters. The molecule has 0 aliphatic heterocycles. The molecule has 5 nitrogen and oxygen atoms in total. The molecule has 2 heterocycles. The predicted molar refractivity (Wildman–Crippen MR) is 83.3 cm³/mol. The Balaban J connectivity index is 2.23. The fourth-order valence-corrected chi connectivity index (χ4v) is 3.55. The molecular formula is C13H21N5S2. The molecule has 0 amide bonds. The van der Waals surface area contributed by atoms with Gasteiger partial charge in [0.25, 0.3) is 0 Å². The average Bonchev–Trinajstić information content (AvgIpc) is 2.82. The summed E-state index contributed by atoms with van der Waals surface area (Å²) in [6.45, 7) is 11.3. The van der Waals surface area contributed by atoms with Crippen LogP contribution in [0.25, 0.3) is 0 Å². The molecular weight excluding hydrogens is 290 g/mol. The number of hydrogen-bond acceptors (Lipinski definition) is 6. The third kappa shape index (κ3) is 3.80. The van der Waals surface area contributed by atoms with Crippen LogP contribution in [0.5, 0.6) is 0 Å². The summed E-state index contributed by atoms with van der Waals surface area (Å²) < 4.78 is 7.12. The van der Waals surface area contributed by atoms with Gasteiger partial charge in [-0.25, -0.2) is 4.98 Å². The van der Waals surface area contributed by atoms with Crippen molar-refractivity contribution in [2.75, 3.05) is 0 Å². The molecule has 110 valence electrons. The molecule has 0 aromatic carbocycles. The number of hydrogen-bond donors (Lipinski definition) is 1. The van der Waals surface area contributed by atoms with Crippen molar-refractivity contribution < 1.29 is 0 Å². The molecule has 0 fully saturated rings. The molecule has 20 heavy (non-hydrogen) atoms. The summed E-state index contributed by atoms with van der Waals surface area (Å²) in [6.07, 6.45) is 0. The van der Waals surface area contributed by atoms with Gasteiger partial charge in [-0.2, -0.15) is 9.47 Å². The van der Waals surface area contributed by atoms with Gasteiger partial charge in [0.05, 0.1) is 5.69 Å². The highest BCUT2D eigenvalue weighted by Crippen LogP contribution is 2.32. The average molecular weight is 311 g/mol. The summed E-state index contributed by atoms with van der Waals surface area (Å²) in [5.41, 5.74) is 2.39. The summed E-state index contributed by atoms with van der Waals surface area (Å²) in [4.78, 5) is 4.42. The molecule has 7 heteroatoms. The molecule has 2 aromatic rings. The van der Waals surface area contributed by atoms with E-state index in [0.29, 0.717) is 0 Å². The van der Waals surface area contributed by atoms with Crippen molar-refractivity contribution in [1.29, 1.82) is 0 Å². The zero-order valence-electron chi connectivity index (χ0n) is 12.8. The van der Waals surface area contributed by atoms with Crippen molar-refractivity contribution >= 4 is 23.3 Å². The Labute approximate surface area is 128 Å². The summed E-state index contributed by atoms with van der Waals surface area (Å²) in [5.74, 6) is 0.825. The van der Waals surface area contributed by atoms with Gasteiger partial charge >= 0.3 is 0 Å². The van der Waals surface area contributed by atoms with Crippen LogP contribution >= 0.6 is 23.3 Å². The largest absolute Gasteiger partial charge is 0.308 e. The van der Waals surface area contributed by atoms with E-state index in [1.807, 2.05) is 18.7 Å². The third-order valence-electron chi connectivity index (χ3n) is 2.78. The van der Waals surface area contributed by atoms with Gasteiger partial charge in [-0.3, -0.25) is 4.68 Å². The van der Waals surface area contributed by atoms with Crippen LogP contribution in [0, 0.1) is 13.8 Å². The van der Waals surface area contributed by atoms with E-state index in [9.17, 15) is 0 Å². The van der Waals surface area contributed by atoms with Crippen molar-refractivity contribution in [2.45, 2.75) is 56.1 Å². The number of aromatic nitrogens is 4. The van der Waals surface area contributed by atoms with Crippen molar-refractivity contribution in [2.24, 2.45) is 7.05 Å². The standard InChI is InChI=1S/C13H21N5S2/c1-8-10(7-14-13(3,4)5)11(18(6)16-8)19-12-15-9(2)17-20-12/h14H,7H2,1-6H3. The van der Waals surface area contributed by atoms with Crippen LogP contribution in [0.1, 0.15) is 37.9 Å². The maximum absolute atomic E-state index is 4.53. The lowest BCUT2D eigenvalue weighted by Crippen LogP contribution is -2.35. The van der Waals surface area contributed by atoms with E-state index < -0.39 is 0 Å². The molecule has 0 aliphatic rings. The molecule has 2 aromatic heterocycles. The highest BCUT2D eigenvalue weighted by molar-refractivity contribution is 8.00. The first kappa shape index (κ1) is 15.5. The van der Waals surface area contributed by atoms with Crippen molar-refractivity contribution in [1.82, 2.24) is 24.5 Å². The first-order valence-corrected chi connectivity index (χ1v) is 8.11. The molecule has 1 N–H and O–H groups in total. The molecule has 0 spiro atoms. The van der Waals surface area contributed by atoms with Gasteiger partial charge in [-0.15, -0.1) is 0 Å². The van der Waals surface area contributed by atoms with E-state index in [0.717, 1.165) is 27.4 Å². The van der Waals surface area contributed by atoms with Crippen molar-refractivity contribution in [3.8, 4) is 0 Å². The van der Waals surface area contributed by atoms with Gasteiger partial charge in [0.1, 0.15) is 10.9 Å². The number of rotatable bonds is 4. The minimum absolute atomic E-state index is 0.0868. The first-order chi connectivity index (χ1) is 9.26. The maximum Gasteiger partial charge on any atom is 0.176 e. The Morgan fingerprint density at radius 2 is 2.00 bits per heavy atom. The molecule has 0 aliphatic carbocycles. The third-order valence-corrected chi connectivity index (χ3v) is 4.82. The second kappa shape index (κ2) is 5.83. The predicted octanol–water partition coefficient (Wildman–Crippen LogP) is 2.93. The van der Waals surface area contributed by atoms with Crippen LogP contribution in [-0.2, 0) is 13.6 Å². The molecule has 0 saturated carbocycles. The number of aryl methyl sites for hydroxylation is 3. The Morgan fingerprint density at radius 3 is 2.55 bits per heavy atom. The van der Waals surface area contributed by atoms with Crippen LogP contribution in [-0.4, -0.2) is 24.7 Å². The highest BCUT2D eigenvalue weighted by atomic mass is 32.2. The van der Waals surface area contributed by atoms with Crippen LogP contribution in [0.15, 0.2) is 9.37 Å². The first-order valence-electron chi connectivity index (χ1n) is 6.52. The smallest absolute Gasteiger partial charge is 0.176 e. The van der Waals surface area contributed by atoms with Crippen molar-refractivity contribution in [3.05, 3.63) is 17.1 Å². The van der Waals surface area contributed by atoms with Gasteiger partial charge < -0.3 is 5.32 Å². The van der Waals surface area contributed by atoms with Gasteiger partial charge in [-0.05, 0) is 57.9 Å². The molecule has 0 bridgehead atoms. The zero-order valence-corrected chi connectivity index (χ0v) is 14.4. The van der Waals surface area contributed by atoms with Gasteiger partial charge in [-0.1, -0.05) is 0 Å². The lowest BCUT2D eigenvalue weighted by molar-refractivity contribution is 0.421. The summed E-state index contributed by atoms with van der Waals surface area (Å²) >= 11 is 3.07. The Morgan fingerprint density at radius 1 is 1.30 bits per heavy atom. The molecule has 0 atom stereocenters. The fourth-order valence-electron chi connectivity index (χ4n) is 1.77. The second-order valence-corrected chi connectivity index (χ2v) is 7.79. The topological polar surface area (TPSA) is 55.6 Å². The quantitative estimate of drug-likeness (QED) is 0.941. The monoisotopic (exact) mass is 311 g/mol. The summed E-state index contributed by atoms with van der Waals surface area (Å²) in [6, 6.07) is 0. The van der Waals surface area contributed by atoms with Crippen LogP contribution < -0.4 is 5.32 Å². The van der Waals surface area contributed by atoms with E-state index in [2.05, 4.69) is 47.5 Å².